The Hall–Kier alpha value is -6.86. The zero-order chi connectivity index (χ0) is 41.4. The van der Waals surface area contributed by atoms with Gasteiger partial charge in [-0.25, -0.2) is 0 Å². The molecular weight excluding hydrogens is 741 g/mol. The van der Waals surface area contributed by atoms with Gasteiger partial charge in [0.2, 0.25) is 0 Å². The summed E-state index contributed by atoms with van der Waals surface area (Å²) in [5.74, 6) is -1.86. The topological polar surface area (TPSA) is 98.7 Å². The highest BCUT2D eigenvalue weighted by atomic mass is 16.3. The Balaban J connectivity index is 1.20. The minimum Gasteiger partial charge on any atom is -0.387 e. The summed E-state index contributed by atoms with van der Waals surface area (Å²) in [6.45, 7) is 0. The minimum absolute atomic E-state index is 0.190. The van der Waals surface area contributed by atoms with Gasteiger partial charge in [0, 0.05) is 25.7 Å². The number of carbonyl (C=O) groups is 2. The molecule has 0 aliphatic heterocycles. The lowest BCUT2D eigenvalue weighted by Gasteiger charge is -2.39. The van der Waals surface area contributed by atoms with E-state index in [0.29, 0.717) is 11.1 Å². The minimum atomic E-state index is -1.58. The van der Waals surface area contributed by atoms with E-state index in [0.717, 1.165) is 43.8 Å². The maximum absolute atomic E-state index is 14.6. The molecule has 0 spiro atoms. The van der Waals surface area contributed by atoms with E-state index >= 15 is 0 Å². The van der Waals surface area contributed by atoms with Crippen molar-refractivity contribution in [3.8, 4) is 0 Å². The Morgan fingerprint density at radius 3 is 0.933 bits per heavy atom. The molecule has 6 heteroatoms. The van der Waals surface area contributed by atoms with E-state index in [1.807, 2.05) is 206 Å². The molecule has 298 valence electrons. The van der Waals surface area contributed by atoms with Gasteiger partial charge in [-0.2, -0.15) is 0 Å². The molecule has 0 fully saturated rings. The van der Waals surface area contributed by atoms with Crippen LogP contribution in [-0.2, 0) is 35.3 Å². The van der Waals surface area contributed by atoms with Gasteiger partial charge in [0.05, 0.1) is 23.3 Å². The van der Waals surface area contributed by atoms with Crippen molar-refractivity contribution in [2.75, 3.05) is 0 Å². The quantitative estimate of drug-likeness (QED) is 0.0826. The van der Waals surface area contributed by atoms with E-state index in [1.54, 1.807) is 0 Å². The molecule has 8 aromatic carbocycles. The van der Waals surface area contributed by atoms with Crippen molar-refractivity contribution in [3.63, 3.8) is 0 Å². The zero-order valence-electron chi connectivity index (χ0n) is 33.3. The molecule has 2 atom stereocenters. The van der Waals surface area contributed by atoms with Crippen LogP contribution in [0.3, 0.4) is 0 Å². The lowest BCUT2D eigenvalue weighted by atomic mass is 9.78. The fourth-order valence-electron chi connectivity index (χ4n) is 8.55. The summed E-state index contributed by atoms with van der Waals surface area (Å²) < 4.78 is 0. The molecule has 0 aliphatic carbocycles. The lowest BCUT2D eigenvalue weighted by molar-refractivity contribution is -0.142. The maximum Gasteiger partial charge on any atom is 0.309 e. The molecule has 8 aromatic rings. The van der Waals surface area contributed by atoms with Crippen LogP contribution in [0.25, 0.3) is 21.5 Å². The van der Waals surface area contributed by atoms with Crippen molar-refractivity contribution in [1.29, 1.82) is 0 Å². The summed E-state index contributed by atoms with van der Waals surface area (Å²) >= 11 is 0. The molecule has 6 nitrogen and oxygen atoms in total. The first kappa shape index (κ1) is 39.9. The first-order valence-electron chi connectivity index (χ1n) is 20.4. The SMILES string of the molecule is O=C(NC(c1ccc2ccccc2c1)C(O)(Cc1ccccc1)Cc1ccccc1)C(=O)NC(c1ccc2ccccc2c1)C(O)(Cc1ccccc1)Cc1ccccc1. The number of carbonyl (C=O) groups excluding carboxylic acids is 2. The second kappa shape index (κ2) is 18.0. The van der Waals surface area contributed by atoms with Crippen molar-refractivity contribution < 1.29 is 19.8 Å². The average molecular weight is 789 g/mol. The second-order valence-corrected chi connectivity index (χ2v) is 15.9. The molecule has 0 saturated carbocycles. The van der Waals surface area contributed by atoms with Crippen molar-refractivity contribution in [2.24, 2.45) is 0 Å². The summed E-state index contributed by atoms with van der Waals surface area (Å²) in [5.41, 5.74) is 1.65. The van der Waals surface area contributed by atoms with Gasteiger partial charge in [-0.3, -0.25) is 9.59 Å². The van der Waals surface area contributed by atoms with Crippen LogP contribution in [0.4, 0.5) is 0 Å². The summed E-state index contributed by atoms with van der Waals surface area (Å²) in [5, 5.41) is 36.1. The van der Waals surface area contributed by atoms with E-state index < -0.39 is 35.1 Å². The molecule has 0 aromatic heterocycles. The molecular formula is C54H48N2O4. The molecule has 0 heterocycles. The van der Waals surface area contributed by atoms with Crippen LogP contribution in [0.15, 0.2) is 206 Å². The third kappa shape index (κ3) is 9.37. The van der Waals surface area contributed by atoms with E-state index in [9.17, 15) is 19.8 Å². The highest BCUT2D eigenvalue weighted by molar-refractivity contribution is 6.35. The molecule has 0 radical (unpaired) electrons. The third-order valence-corrected chi connectivity index (χ3v) is 11.5. The van der Waals surface area contributed by atoms with Gasteiger partial charge in [0.1, 0.15) is 0 Å². The Bertz CT molecular complexity index is 2420. The first-order chi connectivity index (χ1) is 29.2. The molecule has 0 bridgehead atoms. The molecule has 8 rings (SSSR count). The van der Waals surface area contributed by atoms with Crippen molar-refractivity contribution >= 4 is 33.4 Å². The van der Waals surface area contributed by atoms with Crippen LogP contribution in [0, 0.1) is 0 Å². The highest BCUT2D eigenvalue weighted by Gasteiger charge is 2.43. The van der Waals surface area contributed by atoms with Crippen LogP contribution in [0.1, 0.15) is 45.5 Å². The standard InChI is InChI=1S/C54H48N2O4/c57-51(55-49(47-31-29-43-25-13-15-27-45(43)33-47)53(59,35-39-17-5-1-6-18-39)36-40-19-7-2-8-20-40)52(58)56-50(48-32-30-44-26-14-16-28-46(44)34-48)54(60,37-41-21-9-3-10-22-41)38-42-23-11-4-12-24-42/h1-34,49-50,59-60H,35-38H2,(H,55,57)(H,56,58). The number of aliphatic hydroxyl groups is 2. The predicted octanol–water partition coefficient (Wildman–Crippen LogP) is 9.44. The Labute approximate surface area is 351 Å². The monoisotopic (exact) mass is 788 g/mol. The number of rotatable bonds is 14. The fraction of sp³-hybridized carbons (Fsp3) is 0.148. The Morgan fingerprint density at radius 2 is 0.633 bits per heavy atom. The summed E-state index contributed by atoms with van der Waals surface area (Å²) in [7, 11) is 0. The van der Waals surface area contributed by atoms with Crippen LogP contribution in [0.5, 0.6) is 0 Å². The van der Waals surface area contributed by atoms with E-state index in [1.165, 1.54) is 0 Å². The van der Waals surface area contributed by atoms with E-state index in [4.69, 9.17) is 0 Å². The van der Waals surface area contributed by atoms with Crippen LogP contribution in [0.2, 0.25) is 0 Å². The van der Waals surface area contributed by atoms with Gasteiger partial charge < -0.3 is 20.8 Å². The molecule has 2 unspecified atom stereocenters. The van der Waals surface area contributed by atoms with Gasteiger partial charge in [-0.1, -0.05) is 194 Å². The molecule has 0 saturated heterocycles. The molecule has 2 amide bonds. The van der Waals surface area contributed by atoms with E-state index in [-0.39, 0.29) is 25.7 Å². The number of hydrogen-bond donors (Lipinski definition) is 4. The number of amides is 2. The average Bonchev–Trinajstić information content (AvgIpc) is 3.28. The normalized spacial score (nSPS) is 12.8. The van der Waals surface area contributed by atoms with Crippen LogP contribution in [-0.4, -0.2) is 33.2 Å². The van der Waals surface area contributed by atoms with Crippen molar-refractivity contribution in [2.45, 2.75) is 49.0 Å². The lowest BCUT2D eigenvalue weighted by Crippen LogP contribution is -2.55. The maximum atomic E-state index is 14.6. The van der Waals surface area contributed by atoms with Crippen molar-refractivity contribution in [1.82, 2.24) is 10.6 Å². The first-order valence-corrected chi connectivity index (χ1v) is 20.4. The van der Waals surface area contributed by atoms with Gasteiger partial charge in [0.25, 0.3) is 0 Å². The largest absolute Gasteiger partial charge is 0.387 e. The zero-order valence-corrected chi connectivity index (χ0v) is 33.3. The fourth-order valence-corrected chi connectivity index (χ4v) is 8.55. The Kier molecular flexibility index (Phi) is 12.0. The number of benzene rings is 8. The Morgan fingerprint density at radius 1 is 0.367 bits per heavy atom. The van der Waals surface area contributed by atoms with E-state index in [2.05, 4.69) is 10.6 Å². The number of hydrogen-bond acceptors (Lipinski definition) is 4. The van der Waals surface area contributed by atoms with Gasteiger partial charge in [-0.15, -0.1) is 0 Å². The molecule has 60 heavy (non-hydrogen) atoms. The summed E-state index contributed by atoms with van der Waals surface area (Å²) in [6, 6.07) is 64.2. The van der Waals surface area contributed by atoms with Crippen molar-refractivity contribution in [3.05, 3.63) is 240 Å². The number of nitrogens with one attached hydrogen (secondary N) is 2. The summed E-state index contributed by atoms with van der Waals surface area (Å²) in [4.78, 5) is 29.3. The molecule has 4 N–H and O–H groups in total. The smallest absolute Gasteiger partial charge is 0.309 e. The molecule has 0 aliphatic rings. The van der Waals surface area contributed by atoms with Crippen LogP contribution < -0.4 is 10.6 Å². The van der Waals surface area contributed by atoms with Gasteiger partial charge in [0.15, 0.2) is 0 Å². The second-order valence-electron chi connectivity index (χ2n) is 15.9. The van der Waals surface area contributed by atoms with Crippen LogP contribution >= 0.6 is 0 Å². The van der Waals surface area contributed by atoms with Gasteiger partial charge in [-0.05, 0) is 67.1 Å². The van der Waals surface area contributed by atoms with Gasteiger partial charge >= 0.3 is 11.8 Å². The number of fused-ring (bicyclic) bond motifs is 2. The highest BCUT2D eigenvalue weighted by Crippen LogP contribution is 2.37. The summed E-state index contributed by atoms with van der Waals surface area (Å²) in [6.07, 6.45) is 0.761. The predicted molar refractivity (Wildman–Crippen MR) is 240 cm³/mol. The third-order valence-electron chi connectivity index (χ3n) is 11.5.